The molecule has 0 radical (unpaired) electrons. The zero-order valence-corrected chi connectivity index (χ0v) is 14.4. The molecule has 1 aromatic rings. The van der Waals surface area contributed by atoms with Crippen LogP contribution in [0.15, 0.2) is 24.3 Å². The maximum Gasteiger partial charge on any atom is 0.241 e. The van der Waals surface area contributed by atoms with Gasteiger partial charge in [0.05, 0.1) is 6.04 Å². The van der Waals surface area contributed by atoms with Gasteiger partial charge >= 0.3 is 0 Å². The molecule has 1 unspecified atom stereocenters. The van der Waals surface area contributed by atoms with Gasteiger partial charge in [0.2, 0.25) is 5.91 Å². The van der Waals surface area contributed by atoms with Gasteiger partial charge in [0.15, 0.2) is 0 Å². The Labute approximate surface area is 139 Å². The van der Waals surface area contributed by atoms with Gasteiger partial charge in [0, 0.05) is 24.5 Å². The van der Waals surface area contributed by atoms with Crippen LogP contribution < -0.4 is 16.0 Å². The van der Waals surface area contributed by atoms with Crippen LogP contribution in [0.25, 0.3) is 0 Å². The first-order valence-corrected chi connectivity index (χ1v) is 8.01. The summed E-state index contributed by atoms with van der Waals surface area (Å²) >= 11 is 0. The molecule has 1 atom stereocenters. The molecular weight excluding hydrogens is 298 g/mol. The monoisotopic (exact) mass is 325 g/mol. The Balaban J connectivity index is 0.00000242. The van der Waals surface area contributed by atoms with Gasteiger partial charge in [0.1, 0.15) is 0 Å². The van der Waals surface area contributed by atoms with E-state index in [0.717, 1.165) is 37.5 Å². The fraction of sp³-hybridized carbons (Fsp3) is 0.588. The number of rotatable bonds is 5. The quantitative estimate of drug-likeness (QED) is 0.872. The summed E-state index contributed by atoms with van der Waals surface area (Å²) in [5.41, 5.74) is 7.87. The van der Waals surface area contributed by atoms with E-state index in [1.54, 1.807) is 0 Å². The second-order valence-corrected chi connectivity index (χ2v) is 6.10. The number of nitrogens with two attached hydrogens (primary N) is 1. The largest absolute Gasteiger partial charge is 0.371 e. The van der Waals surface area contributed by atoms with Crippen molar-refractivity contribution in [3.8, 4) is 0 Å². The van der Waals surface area contributed by atoms with E-state index in [-0.39, 0.29) is 18.3 Å². The van der Waals surface area contributed by atoms with E-state index in [9.17, 15) is 4.79 Å². The third-order valence-corrected chi connectivity index (χ3v) is 4.20. The number of halogens is 1. The smallest absolute Gasteiger partial charge is 0.241 e. The van der Waals surface area contributed by atoms with Gasteiger partial charge in [-0.25, -0.2) is 0 Å². The van der Waals surface area contributed by atoms with E-state index in [1.807, 2.05) is 25.1 Å². The van der Waals surface area contributed by atoms with Crippen LogP contribution in [0, 0.1) is 5.92 Å². The number of carbonyl (C=O) groups excluding carboxylic acids is 1. The lowest BCUT2D eigenvalue weighted by Crippen LogP contribution is -2.35. The molecular formula is C17H28ClN3O. The normalized spacial score (nSPS) is 16.8. The maximum absolute atomic E-state index is 12.0. The predicted octanol–water partition coefficient (Wildman–Crippen LogP) is 3.41. The van der Waals surface area contributed by atoms with Gasteiger partial charge in [-0.15, -0.1) is 12.4 Å². The van der Waals surface area contributed by atoms with E-state index in [4.69, 9.17) is 5.73 Å². The molecule has 1 amide bonds. The Kier molecular flexibility index (Phi) is 7.69. The highest BCUT2D eigenvalue weighted by Crippen LogP contribution is 2.25. The van der Waals surface area contributed by atoms with E-state index < -0.39 is 6.04 Å². The minimum absolute atomic E-state index is 0. The van der Waals surface area contributed by atoms with Crippen molar-refractivity contribution in [1.82, 2.24) is 0 Å². The molecule has 1 fully saturated rings. The average Bonchev–Trinajstić information content (AvgIpc) is 2.48. The number of amides is 1. The van der Waals surface area contributed by atoms with Crippen molar-refractivity contribution in [3.63, 3.8) is 0 Å². The first-order valence-electron chi connectivity index (χ1n) is 8.01. The summed E-state index contributed by atoms with van der Waals surface area (Å²) in [6, 6.07) is 7.65. The molecule has 0 aliphatic carbocycles. The zero-order valence-electron chi connectivity index (χ0n) is 13.5. The van der Waals surface area contributed by atoms with Crippen molar-refractivity contribution < 1.29 is 4.79 Å². The molecule has 3 N–H and O–H groups in total. The van der Waals surface area contributed by atoms with E-state index in [2.05, 4.69) is 23.2 Å². The lowest BCUT2D eigenvalue weighted by molar-refractivity contribution is -0.117. The van der Waals surface area contributed by atoms with Crippen molar-refractivity contribution in [2.45, 2.75) is 45.6 Å². The Bertz CT molecular complexity index is 473. The highest BCUT2D eigenvalue weighted by Gasteiger charge is 2.17. The summed E-state index contributed by atoms with van der Waals surface area (Å²) in [6.07, 6.45) is 4.10. The number of hydrogen-bond acceptors (Lipinski definition) is 3. The highest BCUT2D eigenvalue weighted by molar-refractivity contribution is 5.95. The van der Waals surface area contributed by atoms with Crippen molar-refractivity contribution >= 4 is 29.7 Å². The highest BCUT2D eigenvalue weighted by atomic mass is 35.5. The van der Waals surface area contributed by atoms with Crippen LogP contribution in [0.2, 0.25) is 0 Å². The Morgan fingerprint density at radius 2 is 2.09 bits per heavy atom. The molecule has 22 heavy (non-hydrogen) atoms. The van der Waals surface area contributed by atoms with Crippen molar-refractivity contribution in [1.29, 1.82) is 0 Å². The van der Waals surface area contributed by atoms with Crippen LogP contribution in [0.3, 0.4) is 0 Å². The van der Waals surface area contributed by atoms with Gasteiger partial charge in [-0.3, -0.25) is 4.79 Å². The third-order valence-electron chi connectivity index (χ3n) is 4.20. The van der Waals surface area contributed by atoms with E-state index in [0.29, 0.717) is 0 Å². The molecule has 0 saturated carbocycles. The summed E-state index contributed by atoms with van der Waals surface area (Å²) in [7, 11) is 0. The molecule has 0 spiro atoms. The van der Waals surface area contributed by atoms with Gasteiger partial charge < -0.3 is 16.0 Å². The fourth-order valence-corrected chi connectivity index (χ4v) is 2.72. The average molecular weight is 326 g/mol. The van der Waals surface area contributed by atoms with Crippen LogP contribution in [0.4, 0.5) is 11.4 Å². The summed E-state index contributed by atoms with van der Waals surface area (Å²) < 4.78 is 0. The topological polar surface area (TPSA) is 58.4 Å². The lowest BCUT2D eigenvalue weighted by atomic mass is 9.99. The Hall–Kier alpha value is -1.26. The molecule has 1 heterocycles. The molecule has 0 aromatic heterocycles. The third kappa shape index (κ3) is 5.18. The Morgan fingerprint density at radius 1 is 1.41 bits per heavy atom. The predicted molar refractivity (Wildman–Crippen MR) is 95.8 cm³/mol. The number of anilines is 2. The minimum Gasteiger partial charge on any atom is -0.371 e. The molecule has 0 bridgehead atoms. The number of carbonyl (C=O) groups is 1. The molecule has 1 aromatic carbocycles. The second kappa shape index (κ2) is 9.01. The number of piperidine rings is 1. The number of nitrogens with one attached hydrogen (secondary N) is 1. The minimum atomic E-state index is -0.422. The first kappa shape index (κ1) is 18.8. The second-order valence-electron chi connectivity index (χ2n) is 6.10. The molecule has 4 nitrogen and oxygen atoms in total. The number of hydrogen-bond donors (Lipinski definition) is 2. The maximum atomic E-state index is 12.0. The van der Waals surface area contributed by atoms with Crippen LogP contribution in [0.5, 0.6) is 0 Å². The number of nitrogens with zero attached hydrogens (tertiary/aromatic N) is 1. The van der Waals surface area contributed by atoms with Crippen molar-refractivity contribution in [2.24, 2.45) is 11.7 Å². The SMILES string of the molecule is CCCC(N)C(=O)Nc1cccc(N2CCC(C)CC2)c1.Cl. The van der Waals surface area contributed by atoms with Crippen LogP contribution in [-0.2, 0) is 4.79 Å². The lowest BCUT2D eigenvalue weighted by Gasteiger charge is -2.32. The molecule has 5 heteroatoms. The van der Waals surface area contributed by atoms with Crippen LogP contribution in [-0.4, -0.2) is 25.0 Å². The molecule has 1 saturated heterocycles. The molecule has 1 aliphatic rings. The van der Waals surface area contributed by atoms with Crippen molar-refractivity contribution in [2.75, 3.05) is 23.3 Å². The van der Waals surface area contributed by atoms with Gasteiger partial charge in [0.25, 0.3) is 0 Å². The van der Waals surface area contributed by atoms with E-state index in [1.165, 1.54) is 18.5 Å². The Morgan fingerprint density at radius 3 is 2.73 bits per heavy atom. The summed E-state index contributed by atoms with van der Waals surface area (Å²) in [4.78, 5) is 14.4. The van der Waals surface area contributed by atoms with Crippen molar-refractivity contribution in [3.05, 3.63) is 24.3 Å². The van der Waals surface area contributed by atoms with Crippen LogP contribution >= 0.6 is 12.4 Å². The summed E-state index contributed by atoms with van der Waals surface area (Å²) in [6.45, 7) is 6.52. The molecule has 124 valence electrons. The van der Waals surface area contributed by atoms with Crippen LogP contribution in [0.1, 0.15) is 39.5 Å². The first-order chi connectivity index (χ1) is 10.1. The fourth-order valence-electron chi connectivity index (χ4n) is 2.72. The zero-order chi connectivity index (χ0) is 15.2. The van der Waals surface area contributed by atoms with E-state index >= 15 is 0 Å². The van der Waals surface area contributed by atoms with Gasteiger partial charge in [-0.2, -0.15) is 0 Å². The van der Waals surface area contributed by atoms with Gasteiger partial charge in [-0.1, -0.05) is 26.3 Å². The standard InChI is InChI=1S/C17H27N3O.ClH/c1-3-5-16(18)17(21)19-14-6-4-7-15(12-14)20-10-8-13(2)9-11-20;/h4,6-7,12-13,16H,3,5,8-11,18H2,1-2H3,(H,19,21);1H. The summed E-state index contributed by atoms with van der Waals surface area (Å²) in [5.74, 6) is 0.720. The van der Waals surface area contributed by atoms with Gasteiger partial charge in [-0.05, 0) is 43.4 Å². The molecule has 2 rings (SSSR count). The summed E-state index contributed by atoms with van der Waals surface area (Å²) in [5, 5.41) is 2.92. The molecule has 1 aliphatic heterocycles. The number of benzene rings is 1.